The van der Waals surface area contributed by atoms with E-state index in [9.17, 15) is 18.0 Å². The highest BCUT2D eigenvalue weighted by molar-refractivity contribution is 9.09. The van der Waals surface area contributed by atoms with Gasteiger partial charge >= 0.3 is 12.2 Å². The van der Waals surface area contributed by atoms with Crippen LogP contribution in [0.4, 0.5) is 18.0 Å². The Bertz CT molecular complexity index is 196. The van der Waals surface area contributed by atoms with Gasteiger partial charge in [0.1, 0.15) is 6.04 Å². The van der Waals surface area contributed by atoms with Crippen molar-refractivity contribution < 1.29 is 18.0 Å². The van der Waals surface area contributed by atoms with Gasteiger partial charge in [-0.15, -0.1) is 0 Å². The van der Waals surface area contributed by atoms with E-state index < -0.39 is 23.1 Å². The van der Waals surface area contributed by atoms with E-state index in [0.29, 0.717) is 0 Å². The van der Waals surface area contributed by atoms with E-state index in [1.165, 1.54) is 0 Å². The molecular formula is C5H6BrF3N2O. The third kappa shape index (κ3) is 2.02. The Labute approximate surface area is 74.8 Å². The first-order chi connectivity index (χ1) is 5.41. The van der Waals surface area contributed by atoms with Crippen LogP contribution in [-0.2, 0) is 0 Å². The third-order valence-corrected chi connectivity index (χ3v) is 2.31. The third-order valence-electron chi connectivity index (χ3n) is 1.46. The molecule has 0 aliphatic carbocycles. The molecule has 3 nitrogen and oxygen atoms in total. The molecule has 1 fully saturated rings. The van der Waals surface area contributed by atoms with Gasteiger partial charge in [0.25, 0.3) is 0 Å². The zero-order chi connectivity index (χ0) is 9.35. The van der Waals surface area contributed by atoms with Crippen LogP contribution in [0, 0.1) is 0 Å². The maximum atomic E-state index is 12.1. The summed E-state index contributed by atoms with van der Waals surface area (Å²) >= 11 is 2.82. The molecule has 1 rings (SSSR count). The van der Waals surface area contributed by atoms with Crippen molar-refractivity contribution in [2.45, 2.75) is 17.0 Å². The zero-order valence-corrected chi connectivity index (χ0v) is 7.37. The average Bonchev–Trinajstić information content (AvgIpc) is 1.92. The number of carbonyl (C=O) groups excluding carboxylic acids is 1. The average molecular weight is 247 g/mol. The molecule has 12 heavy (non-hydrogen) atoms. The van der Waals surface area contributed by atoms with Crippen LogP contribution in [0.2, 0.25) is 0 Å². The first kappa shape index (κ1) is 9.63. The molecule has 2 atom stereocenters. The molecule has 0 aromatic carbocycles. The largest absolute Gasteiger partial charge is 0.409 e. The second-order valence-electron chi connectivity index (χ2n) is 2.39. The number of alkyl halides is 4. The fourth-order valence-electron chi connectivity index (χ4n) is 0.878. The topological polar surface area (TPSA) is 41.1 Å². The molecule has 2 N–H and O–H groups in total. The highest BCUT2D eigenvalue weighted by atomic mass is 79.9. The van der Waals surface area contributed by atoms with Gasteiger partial charge in [-0.3, -0.25) is 0 Å². The number of amides is 2. The van der Waals surface area contributed by atoms with E-state index >= 15 is 0 Å². The number of halogens is 4. The highest BCUT2D eigenvalue weighted by Crippen LogP contribution is 2.26. The molecular weight excluding hydrogens is 241 g/mol. The fourth-order valence-corrected chi connectivity index (χ4v) is 1.47. The lowest BCUT2D eigenvalue weighted by Gasteiger charge is -2.30. The van der Waals surface area contributed by atoms with Crippen molar-refractivity contribution >= 4 is 22.0 Å². The summed E-state index contributed by atoms with van der Waals surface area (Å²) in [5.74, 6) is 0. The molecule has 70 valence electrons. The molecule has 1 saturated heterocycles. The van der Waals surface area contributed by atoms with Crippen molar-refractivity contribution in [3.63, 3.8) is 0 Å². The van der Waals surface area contributed by atoms with Crippen LogP contribution < -0.4 is 10.6 Å². The Hall–Kier alpha value is -0.460. The molecule has 2 unspecified atom stereocenters. The summed E-state index contributed by atoms with van der Waals surface area (Å²) < 4.78 is 36.3. The van der Waals surface area contributed by atoms with Crippen LogP contribution in [0.25, 0.3) is 0 Å². The van der Waals surface area contributed by atoms with Crippen molar-refractivity contribution in [2.24, 2.45) is 0 Å². The molecule has 0 aromatic heterocycles. The molecule has 0 saturated carbocycles. The lowest BCUT2D eigenvalue weighted by atomic mass is 10.2. The predicted molar refractivity (Wildman–Crippen MR) is 39.1 cm³/mol. The Morgan fingerprint density at radius 2 is 2.08 bits per heavy atom. The van der Waals surface area contributed by atoms with Gasteiger partial charge in [-0.05, 0) is 0 Å². The molecule has 0 radical (unpaired) electrons. The second kappa shape index (κ2) is 3.12. The molecule has 1 heterocycles. The van der Waals surface area contributed by atoms with Crippen molar-refractivity contribution in [1.82, 2.24) is 10.6 Å². The lowest BCUT2D eigenvalue weighted by molar-refractivity contribution is -0.153. The first-order valence-electron chi connectivity index (χ1n) is 3.16. The van der Waals surface area contributed by atoms with E-state index in [4.69, 9.17) is 0 Å². The maximum absolute atomic E-state index is 12.1. The van der Waals surface area contributed by atoms with Gasteiger partial charge in [-0.2, -0.15) is 13.2 Å². The Kier molecular flexibility index (Phi) is 2.50. The van der Waals surface area contributed by atoms with Gasteiger partial charge in [0.15, 0.2) is 0 Å². The molecule has 0 bridgehead atoms. The van der Waals surface area contributed by atoms with Gasteiger partial charge in [-0.1, -0.05) is 15.9 Å². The lowest BCUT2D eigenvalue weighted by Crippen LogP contribution is -2.61. The van der Waals surface area contributed by atoms with Crippen LogP contribution in [0.15, 0.2) is 0 Å². The van der Waals surface area contributed by atoms with Crippen LogP contribution in [0.1, 0.15) is 0 Å². The number of hydrogen-bond donors (Lipinski definition) is 2. The van der Waals surface area contributed by atoms with E-state index in [2.05, 4.69) is 21.2 Å². The Morgan fingerprint density at radius 1 is 1.50 bits per heavy atom. The fraction of sp³-hybridized carbons (Fsp3) is 0.800. The molecule has 2 amide bonds. The summed E-state index contributed by atoms with van der Waals surface area (Å²) in [6.07, 6.45) is -4.40. The van der Waals surface area contributed by atoms with Gasteiger partial charge in [-0.25, -0.2) is 4.79 Å². The Morgan fingerprint density at radius 3 is 2.50 bits per heavy atom. The number of carbonyl (C=O) groups is 1. The summed E-state index contributed by atoms with van der Waals surface area (Å²) in [6, 6.07) is -2.58. The first-order valence-corrected chi connectivity index (χ1v) is 4.08. The summed E-state index contributed by atoms with van der Waals surface area (Å²) in [5.41, 5.74) is 0. The van der Waals surface area contributed by atoms with Crippen molar-refractivity contribution in [2.75, 3.05) is 6.54 Å². The van der Waals surface area contributed by atoms with Gasteiger partial charge in [0.05, 0.1) is 4.83 Å². The highest BCUT2D eigenvalue weighted by Gasteiger charge is 2.46. The normalized spacial score (nSPS) is 30.8. The van der Waals surface area contributed by atoms with E-state index in [0.717, 1.165) is 0 Å². The Balaban J connectivity index is 2.67. The second-order valence-corrected chi connectivity index (χ2v) is 3.57. The summed E-state index contributed by atoms with van der Waals surface area (Å²) in [6.45, 7) is -0.0178. The van der Waals surface area contributed by atoms with Gasteiger partial charge in [0.2, 0.25) is 0 Å². The number of nitrogens with one attached hydrogen (secondary N) is 2. The van der Waals surface area contributed by atoms with E-state index in [1.54, 1.807) is 5.32 Å². The van der Waals surface area contributed by atoms with E-state index in [1.807, 2.05) is 0 Å². The minimum absolute atomic E-state index is 0.0178. The monoisotopic (exact) mass is 246 g/mol. The standard InChI is InChI=1S/C5H6BrF3N2O/c6-2-1-10-4(12)11-3(2)5(7,8)9/h2-3H,1H2,(H2,10,11,12). The van der Waals surface area contributed by atoms with Crippen molar-refractivity contribution in [3.05, 3.63) is 0 Å². The van der Waals surface area contributed by atoms with Gasteiger partial charge in [0, 0.05) is 6.54 Å². The molecule has 0 spiro atoms. The van der Waals surface area contributed by atoms with Crippen LogP contribution in [0.3, 0.4) is 0 Å². The van der Waals surface area contributed by atoms with Crippen LogP contribution in [-0.4, -0.2) is 29.6 Å². The molecule has 0 aromatic rings. The van der Waals surface area contributed by atoms with Crippen LogP contribution in [0.5, 0.6) is 0 Å². The van der Waals surface area contributed by atoms with Crippen molar-refractivity contribution in [1.29, 1.82) is 0 Å². The summed E-state index contributed by atoms with van der Waals surface area (Å²) in [7, 11) is 0. The smallest absolute Gasteiger partial charge is 0.337 e. The van der Waals surface area contributed by atoms with Crippen molar-refractivity contribution in [3.8, 4) is 0 Å². The quantitative estimate of drug-likeness (QED) is 0.616. The minimum Gasteiger partial charge on any atom is -0.337 e. The summed E-state index contributed by atoms with van der Waals surface area (Å²) in [5, 5.41) is 4.02. The number of urea groups is 1. The number of hydrogen-bond acceptors (Lipinski definition) is 1. The molecule has 1 aliphatic rings. The van der Waals surface area contributed by atoms with Crippen LogP contribution >= 0.6 is 15.9 Å². The molecule has 1 aliphatic heterocycles. The van der Waals surface area contributed by atoms with Gasteiger partial charge < -0.3 is 10.6 Å². The SMILES string of the molecule is O=C1NCC(Br)C(C(F)(F)F)N1. The predicted octanol–water partition coefficient (Wildman–Crippen LogP) is 0.994. The molecule has 7 heteroatoms. The number of rotatable bonds is 0. The summed E-state index contributed by atoms with van der Waals surface area (Å²) in [4.78, 5) is 9.71. The minimum atomic E-state index is -4.40. The van der Waals surface area contributed by atoms with E-state index in [-0.39, 0.29) is 6.54 Å². The zero-order valence-electron chi connectivity index (χ0n) is 5.78. The maximum Gasteiger partial charge on any atom is 0.409 e.